The Hall–Kier alpha value is -1.81. The first-order valence-electron chi connectivity index (χ1n) is 6.37. The molecule has 0 fully saturated rings. The molecule has 0 aliphatic carbocycles. The molecule has 1 rings (SSSR count). The van der Waals surface area contributed by atoms with Crippen LogP contribution in [0.4, 0.5) is 0 Å². The maximum absolute atomic E-state index is 11.7. The van der Waals surface area contributed by atoms with Crippen LogP contribution in [0.25, 0.3) is 0 Å². The van der Waals surface area contributed by atoms with E-state index in [4.69, 9.17) is 16.7 Å². The Kier molecular flexibility index (Phi) is 6.81. The number of carbonyl (C=O) groups excluding carboxylic acids is 1. The van der Waals surface area contributed by atoms with Crippen molar-refractivity contribution in [3.63, 3.8) is 0 Å². The second-order valence-corrected chi connectivity index (χ2v) is 4.96. The summed E-state index contributed by atoms with van der Waals surface area (Å²) in [5.74, 6) is -1.10. The third-order valence-electron chi connectivity index (χ3n) is 2.76. The molecule has 108 valence electrons. The van der Waals surface area contributed by atoms with Crippen molar-refractivity contribution in [2.75, 3.05) is 0 Å². The number of nitrogens with one attached hydrogen (secondary N) is 1. The van der Waals surface area contributed by atoms with E-state index < -0.39 is 12.0 Å². The van der Waals surface area contributed by atoms with E-state index in [0.29, 0.717) is 24.3 Å². The maximum atomic E-state index is 11.7. The van der Waals surface area contributed by atoms with Crippen LogP contribution >= 0.6 is 11.6 Å². The molecule has 0 aliphatic heterocycles. The Morgan fingerprint density at radius 3 is 2.55 bits per heavy atom. The van der Waals surface area contributed by atoms with E-state index in [1.807, 2.05) is 12.1 Å². The molecule has 0 saturated carbocycles. The highest BCUT2D eigenvalue weighted by Crippen LogP contribution is 2.12. The smallest absolute Gasteiger partial charge is 0.305 e. The summed E-state index contributed by atoms with van der Waals surface area (Å²) in [5, 5.41) is 12.3. The van der Waals surface area contributed by atoms with Crippen LogP contribution in [-0.4, -0.2) is 23.0 Å². The number of allylic oxidation sites excluding steroid dienone is 1. The van der Waals surface area contributed by atoms with Crippen LogP contribution in [0.1, 0.15) is 24.8 Å². The minimum Gasteiger partial charge on any atom is -0.481 e. The van der Waals surface area contributed by atoms with Crippen molar-refractivity contribution in [1.29, 1.82) is 0 Å². The van der Waals surface area contributed by atoms with Crippen LogP contribution in [0.15, 0.2) is 36.9 Å². The zero-order valence-corrected chi connectivity index (χ0v) is 11.9. The van der Waals surface area contributed by atoms with E-state index in [9.17, 15) is 9.59 Å². The Morgan fingerprint density at radius 1 is 1.35 bits per heavy atom. The van der Waals surface area contributed by atoms with E-state index in [1.165, 1.54) is 0 Å². The fourth-order valence-corrected chi connectivity index (χ4v) is 1.95. The molecule has 1 aromatic rings. The van der Waals surface area contributed by atoms with Crippen LogP contribution in [0, 0.1) is 0 Å². The molecule has 1 aromatic carbocycles. The molecule has 0 heterocycles. The summed E-state index contributed by atoms with van der Waals surface area (Å²) >= 11 is 5.80. The first kappa shape index (κ1) is 16.2. The second kappa shape index (κ2) is 8.38. The lowest BCUT2D eigenvalue weighted by Crippen LogP contribution is -2.37. The average Bonchev–Trinajstić information content (AvgIpc) is 2.38. The molecule has 20 heavy (non-hydrogen) atoms. The molecule has 1 atom stereocenters. The average molecular weight is 296 g/mol. The number of benzene rings is 1. The molecule has 0 aliphatic rings. The van der Waals surface area contributed by atoms with E-state index in [-0.39, 0.29) is 12.3 Å². The number of halogens is 1. The van der Waals surface area contributed by atoms with Gasteiger partial charge in [0, 0.05) is 17.5 Å². The molecule has 4 nitrogen and oxygen atoms in total. The fourth-order valence-electron chi connectivity index (χ4n) is 1.82. The summed E-state index contributed by atoms with van der Waals surface area (Å²) in [5.41, 5.74) is 0.935. The summed E-state index contributed by atoms with van der Waals surface area (Å²) < 4.78 is 0. The summed E-state index contributed by atoms with van der Waals surface area (Å²) in [6.07, 6.45) is 2.91. The van der Waals surface area contributed by atoms with Crippen molar-refractivity contribution >= 4 is 23.5 Å². The van der Waals surface area contributed by atoms with Crippen molar-refractivity contribution < 1.29 is 14.7 Å². The molecule has 0 unspecified atom stereocenters. The van der Waals surface area contributed by atoms with Gasteiger partial charge in [0.1, 0.15) is 0 Å². The van der Waals surface area contributed by atoms with Gasteiger partial charge in [0.05, 0.1) is 6.42 Å². The third-order valence-corrected chi connectivity index (χ3v) is 3.01. The molecule has 0 saturated heterocycles. The van der Waals surface area contributed by atoms with Crippen LogP contribution < -0.4 is 5.32 Å². The van der Waals surface area contributed by atoms with Gasteiger partial charge in [-0.05, 0) is 30.5 Å². The number of carbonyl (C=O) groups is 2. The molecular weight excluding hydrogens is 278 g/mol. The fraction of sp³-hybridized carbons (Fsp3) is 0.333. The predicted molar refractivity (Wildman–Crippen MR) is 78.8 cm³/mol. The topological polar surface area (TPSA) is 66.4 Å². The maximum Gasteiger partial charge on any atom is 0.305 e. The lowest BCUT2D eigenvalue weighted by atomic mass is 10.0. The largest absolute Gasteiger partial charge is 0.481 e. The molecule has 0 spiro atoms. The molecule has 2 N–H and O–H groups in total. The number of hydrogen-bond donors (Lipinski definition) is 2. The third kappa shape index (κ3) is 6.38. The quantitative estimate of drug-likeness (QED) is 0.725. The van der Waals surface area contributed by atoms with Gasteiger partial charge in [-0.15, -0.1) is 6.58 Å². The van der Waals surface area contributed by atoms with Gasteiger partial charge in [-0.25, -0.2) is 0 Å². The zero-order chi connectivity index (χ0) is 15.0. The van der Waals surface area contributed by atoms with Gasteiger partial charge in [-0.1, -0.05) is 29.8 Å². The zero-order valence-electron chi connectivity index (χ0n) is 11.1. The van der Waals surface area contributed by atoms with Gasteiger partial charge < -0.3 is 10.4 Å². The molecule has 0 aromatic heterocycles. The van der Waals surface area contributed by atoms with E-state index in [2.05, 4.69) is 11.9 Å². The second-order valence-electron chi connectivity index (χ2n) is 4.52. The van der Waals surface area contributed by atoms with E-state index >= 15 is 0 Å². The summed E-state index contributed by atoms with van der Waals surface area (Å²) in [7, 11) is 0. The first-order chi connectivity index (χ1) is 9.51. The van der Waals surface area contributed by atoms with Gasteiger partial charge in [0.25, 0.3) is 0 Å². The molecule has 1 amide bonds. The number of amides is 1. The highest BCUT2D eigenvalue weighted by atomic mass is 35.5. The van der Waals surface area contributed by atoms with Crippen LogP contribution in [-0.2, 0) is 16.0 Å². The Balaban J connectivity index is 2.63. The van der Waals surface area contributed by atoms with Crippen molar-refractivity contribution in [3.8, 4) is 0 Å². The lowest BCUT2D eigenvalue weighted by molar-refractivity contribution is -0.137. The monoisotopic (exact) mass is 295 g/mol. The molecule has 0 bridgehead atoms. The van der Waals surface area contributed by atoms with Gasteiger partial charge in [-0.2, -0.15) is 0 Å². The first-order valence-corrected chi connectivity index (χ1v) is 6.75. The highest BCUT2D eigenvalue weighted by molar-refractivity contribution is 6.30. The van der Waals surface area contributed by atoms with Crippen molar-refractivity contribution in [2.24, 2.45) is 0 Å². The molecule has 0 radical (unpaired) electrons. The molecule has 5 heteroatoms. The highest BCUT2D eigenvalue weighted by Gasteiger charge is 2.16. The number of carboxylic acids is 1. The number of hydrogen-bond acceptors (Lipinski definition) is 2. The van der Waals surface area contributed by atoms with E-state index in [1.54, 1.807) is 18.2 Å². The van der Waals surface area contributed by atoms with Gasteiger partial charge in [0.2, 0.25) is 5.91 Å². The summed E-state index contributed by atoms with van der Waals surface area (Å²) in [6, 6.07) is 6.72. The Morgan fingerprint density at radius 2 is 2.00 bits per heavy atom. The van der Waals surface area contributed by atoms with Crippen LogP contribution in [0.5, 0.6) is 0 Å². The molecular formula is C15H18ClNO3. The lowest BCUT2D eigenvalue weighted by Gasteiger charge is -2.17. The van der Waals surface area contributed by atoms with Crippen LogP contribution in [0.3, 0.4) is 0 Å². The minimum atomic E-state index is -0.937. The van der Waals surface area contributed by atoms with Gasteiger partial charge >= 0.3 is 5.97 Å². The number of rotatable bonds is 8. The SMILES string of the molecule is C=CCCC(=O)N[C@@H](CC(=O)O)Cc1ccc(Cl)cc1. The Bertz CT molecular complexity index is 471. The van der Waals surface area contributed by atoms with Crippen molar-refractivity contribution in [3.05, 3.63) is 47.5 Å². The van der Waals surface area contributed by atoms with Gasteiger partial charge in [-0.3, -0.25) is 9.59 Å². The standard InChI is InChI=1S/C15H18ClNO3/c1-2-3-4-14(18)17-13(10-15(19)20)9-11-5-7-12(16)8-6-11/h2,5-8,13H,1,3-4,9-10H2,(H,17,18)(H,19,20)/t13-/m1/s1. The summed E-state index contributed by atoms with van der Waals surface area (Å²) in [6.45, 7) is 3.55. The number of aliphatic carboxylic acids is 1. The van der Waals surface area contributed by atoms with Crippen molar-refractivity contribution in [2.45, 2.75) is 31.7 Å². The minimum absolute atomic E-state index is 0.109. The van der Waals surface area contributed by atoms with Crippen molar-refractivity contribution in [1.82, 2.24) is 5.32 Å². The van der Waals surface area contributed by atoms with Gasteiger partial charge in [0.15, 0.2) is 0 Å². The van der Waals surface area contributed by atoms with Crippen LogP contribution in [0.2, 0.25) is 5.02 Å². The summed E-state index contributed by atoms with van der Waals surface area (Å²) in [4.78, 5) is 22.5. The number of carboxylic acid groups (broad SMARTS) is 1. The normalized spacial score (nSPS) is 11.7. The Labute approximate surface area is 123 Å². The van der Waals surface area contributed by atoms with E-state index in [0.717, 1.165) is 5.56 Å². The predicted octanol–water partition coefficient (Wildman–Crippen LogP) is 2.81.